The molecule has 0 amide bonds. The lowest BCUT2D eigenvalue weighted by atomic mass is 9.82. The normalized spacial score (nSPS) is 21.7. The Morgan fingerprint density at radius 3 is 2.47 bits per heavy atom. The van der Waals surface area contributed by atoms with E-state index in [2.05, 4.69) is 9.47 Å². The van der Waals surface area contributed by atoms with Gasteiger partial charge in [0.2, 0.25) is 0 Å². The van der Waals surface area contributed by atoms with Crippen LogP contribution < -0.4 is 9.47 Å². The highest BCUT2D eigenvalue weighted by atomic mass is 19.3. The Morgan fingerprint density at radius 2 is 1.89 bits per heavy atom. The molecule has 1 aromatic rings. The third kappa shape index (κ3) is 3.33. The highest BCUT2D eigenvalue weighted by Gasteiger charge is 2.37. The molecule has 4 nitrogen and oxygen atoms in total. The lowest BCUT2D eigenvalue weighted by Gasteiger charge is -2.33. The maximum absolute atomic E-state index is 12.2. The van der Waals surface area contributed by atoms with E-state index in [0.29, 0.717) is 12.8 Å². The first-order chi connectivity index (χ1) is 9.10. The number of carbonyl (C=O) groups is 1. The van der Waals surface area contributed by atoms with E-state index in [0.717, 1.165) is 0 Å². The summed E-state index contributed by atoms with van der Waals surface area (Å²) in [4.78, 5) is 11.2. The smallest absolute Gasteiger partial charge is 0.387 e. The predicted molar refractivity (Wildman–Crippen MR) is 62.2 cm³/mol. The van der Waals surface area contributed by atoms with Gasteiger partial charge in [-0.15, -0.1) is 0 Å². The number of esters is 1. The number of rotatable bonds is 5. The van der Waals surface area contributed by atoms with Crippen LogP contribution >= 0.6 is 0 Å². The number of hydrogen-bond donors (Lipinski definition) is 0. The molecule has 6 heteroatoms. The highest BCUT2D eigenvalue weighted by molar-refractivity contribution is 5.73. The van der Waals surface area contributed by atoms with E-state index in [4.69, 9.17) is 4.74 Å². The van der Waals surface area contributed by atoms with Crippen LogP contribution in [0.1, 0.15) is 12.8 Å². The van der Waals surface area contributed by atoms with E-state index in [1.807, 2.05) is 0 Å². The molecule has 1 saturated carbocycles. The molecule has 1 fully saturated rings. The minimum absolute atomic E-state index is 0.000909. The molecule has 0 saturated heterocycles. The molecule has 0 N–H and O–H groups in total. The molecular formula is C13H14F2O4. The zero-order chi connectivity index (χ0) is 13.8. The number of carbonyl (C=O) groups excluding carboxylic acids is 1. The quantitative estimate of drug-likeness (QED) is 0.773. The standard InChI is InChI=1S/C13H14F2O4/c1-17-12(16)8-6-9(7-8)18-10-4-2-3-5-11(10)19-13(14)15/h2-5,8-9,13H,6-7H2,1H3/t8-,9-. The summed E-state index contributed by atoms with van der Waals surface area (Å²) in [6.45, 7) is -2.89. The molecule has 0 radical (unpaired) electrons. The average Bonchev–Trinajstić information content (AvgIpc) is 2.33. The summed E-state index contributed by atoms with van der Waals surface area (Å²) < 4.78 is 38.9. The molecule has 0 spiro atoms. The summed E-state index contributed by atoms with van der Waals surface area (Å²) in [5.41, 5.74) is 0. The van der Waals surface area contributed by atoms with Gasteiger partial charge in [-0.3, -0.25) is 4.79 Å². The van der Waals surface area contributed by atoms with Crippen molar-refractivity contribution < 1.29 is 27.8 Å². The second-order valence-electron chi connectivity index (χ2n) is 4.26. The molecule has 0 bridgehead atoms. The largest absolute Gasteiger partial charge is 0.486 e. The van der Waals surface area contributed by atoms with Crippen molar-refractivity contribution in [2.75, 3.05) is 7.11 Å². The minimum Gasteiger partial charge on any atom is -0.486 e. The van der Waals surface area contributed by atoms with Crippen molar-refractivity contribution in [3.05, 3.63) is 24.3 Å². The monoisotopic (exact) mass is 272 g/mol. The van der Waals surface area contributed by atoms with E-state index >= 15 is 0 Å². The molecule has 1 aliphatic rings. The Labute approximate surface area is 109 Å². The van der Waals surface area contributed by atoms with Gasteiger partial charge in [0.1, 0.15) is 6.10 Å². The Hall–Kier alpha value is -1.85. The first-order valence-electron chi connectivity index (χ1n) is 5.88. The van der Waals surface area contributed by atoms with Crippen LogP contribution in [0.2, 0.25) is 0 Å². The Morgan fingerprint density at radius 1 is 1.26 bits per heavy atom. The number of ether oxygens (including phenoxy) is 3. The third-order valence-electron chi connectivity index (χ3n) is 2.99. The fourth-order valence-electron chi connectivity index (χ4n) is 1.94. The molecule has 19 heavy (non-hydrogen) atoms. The maximum atomic E-state index is 12.2. The first kappa shape index (κ1) is 13.6. The van der Waals surface area contributed by atoms with Gasteiger partial charge in [0, 0.05) is 0 Å². The second kappa shape index (κ2) is 5.86. The molecule has 1 aromatic carbocycles. The van der Waals surface area contributed by atoms with Crippen LogP contribution in [-0.4, -0.2) is 25.8 Å². The molecule has 0 aliphatic heterocycles. The van der Waals surface area contributed by atoms with E-state index in [9.17, 15) is 13.6 Å². The number of hydrogen-bond acceptors (Lipinski definition) is 4. The summed E-state index contributed by atoms with van der Waals surface area (Å²) >= 11 is 0. The predicted octanol–water partition coefficient (Wildman–Crippen LogP) is 2.62. The van der Waals surface area contributed by atoms with Gasteiger partial charge in [0.15, 0.2) is 11.5 Å². The first-order valence-corrected chi connectivity index (χ1v) is 5.88. The van der Waals surface area contributed by atoms with Crippen LogP contribution in [0.3, 0.4) is 0 Å². The minimum atomic E-state index is -2.89. The van der Waals surface area contributed by atoms with Gasteiger partial charge in [-0.2, -0.15) is 8.78 Å². The molecule has 2 rings (SSSR count). The number of benzene rings is 1. The van der Waals surface area contributed by atoms with Crippen LogP contribution in [0.15, 0.2) is 24.3 Å². The van der Waals surface area contributed by atoms with Gasteiger partial charge in [-0.25, -0.2) is 0 Å². The van der Waals surface area contributed by atoms with Gasteiger partial charge in [-0.05, 0) is 25.0 Å². The average molecular weight is 272 g/mol. The fourth-order valence-corrected chi connectivity index (χ4v) is 1.94. The van der Waals surface area contributed by atoms with E-state index < -0.39 is 6.61 Å². The van der Waals surface area contributed by atoms with Crippen LogP contribution in [0.4, 0.5) is 8.78 Å². The van der Waals surface area contributed by atoms with Gasteiger partial charge in [-0.1, -0.05) is 12.1 Å². The zero-order valence-corrected chi connectivity index (χ0v) is 10.3. The van der Waals surface area contributed by atoms with Gasteiger partial charge in [0.25, 0.3) is 0 Å². The van der Waals surface area contributed by atoms with Crippen LogP contribution in [-0.2, 0) is 9.53 Å². The number of methoxy groups -OCH3 is 1. The number of halogens is 2. The Bertz CT molecular complexity index is 444. The van der Waals surface area contributed by atoms with Gasteiger partial charge in [0.05, 0.1) is 13.0 Å². The molecule has 0 aromatic heterocycles. The van der Waals surface area contributed by atoms with Gasteiger partial charge < -0.3 is 14.2 Å². The van der Waals surface area contributed by atoms with Crippen molar-refractivity contribution in [2.24, 2.45) is 5.92 Å². The summed E-state index contributed by atoms with van der Waals surface area (Å²) in [6, 6.07) is 6.23. The van der Waals surface area contributed by atoms with E-state index in [1.165, 1.54) is 13.2 Å². The molecule has 0 unspecified atom stereocenters. The highest BCUT2D eigenvalue weighted by Crippen LogP contribution is 2.36. The van der Waals surface area contributed by atoms with Crippen molar-refractivity contribution >= 4 is 5.97 Å². The molecule has 0 heterocycles. The SMILES string of the molecule is COC(=O)[C@H]1C[C@H](Oc2ccccc2OC(F)F)C1. The molecule has 0 atom stereocenters. The lowest BCUT2D eigenvalue weighted by molar-refractivity contribution is -0.151. The van der Waals surface area contributed by atoms with Crippen molar-refractivity contribution in [1.29, 1.82) is 0 Å². The van der Waals surface area contributed by atoms with E-state index in [1.54, 1.807) is 18.2 Å². The van der Waals surface area contributed by atoms with Crippen molar-refractivity contribution in [3.63, 3.8) is 0 Å². The summed E-state index contributed by atoms with van der Waals surface area (Å²) in [5, 5.41) is 0. The molecule has 104 valence electrons. The topological polar surface area (TPSA) is 44.8 Å². The Balaban J connectivity index is 1.92. The van der Waals surface area contributed by atoms with Crippen molar-refractivity contribution in [3.8, 4) is 11.5 Å². The third-order valence-corrected chi connectivity index (χ3v) is 2.99. The lowest BCUT2D eigenvalue weighted by Crippen LogP contribution is -2.38. The Kier molecular flexibility index (Phi) is 4.19. The van der Waals surface area contributed by atoms with Crippen molar-refractivity contribution in [1.82, 2.24) is 0 Å². The molecule has 1 aliphatic carbocycles. The number of para-hydroxylation sites is 2. The van der Waals surface area contributed by atoms with Crippen LogP contribution in [0.5, 0.6) is 11.5 Å². The summed E-state index contributed by atoms with van der Waals surface area (Å²) in [5.74, 6) is -0.176. The zero-order valence-electron chi connectivity index (χ0n) is 10.3. The molecular weight excluding hydrogens is 258 g/mol. The fraction of sp³-hybridized carbons (Fsp3) is 0.462. The second-order valence-corrected chi connectivity index (χ2v) is 4.26. The maximum Gasteiger partial charge on any atom is 0.387 e. The van der Waals surface area contributed by atoms with Crippen LogP contribution in [0.25, 0.3) is 0 Å². The van der Waals surface area contributed by atoms with Crippen molar-refractivity contribution in [2.45, 2.75) is 25.6 Å². The van der Waals surface area contributed by atoms with Crippen LogP contribution in [0, 0.1) is 5.92 Å². The summed E-state index contributed by atoms with van der Waals surface area (Å²) in [6.07, 6.45) is 0.872. The number of alkyl halides is 2. The van der Waals surface area contributed by atoms with Gasteiger partial charge >= 0.3 is 12.6 Å². The summed E-state index contributed by atoms with van der Waals surface area (Å²) in [7, 11) is 1.34. The van der Waals surface area contributed by atoms with E-state index in [-0.39, 0.29) is 29.5 Å².